The molecule has 4 heteroatoms. The van der Waals surface area contributed by atoms with E-state index in [9.17, 15) is 0 Å². The highest BCUT2D eigenvalue weighted by Gasteiger charge is 2.26. The van der Waals surface area contributed by atoms with E-state index in [2.05, 4.69) is 24.4 Å². The first-order valence-electron chi connectivity index (χ1n) is 5.65. The van der Waals surface area contributed by atoms with Crippen molar-refractivity contribution in [1.29, 1.82) is 5.26 Å². The number of fused-ring (bicyclic) bond motifs is 1. The molecule has 1 aromatic heterocycles. The lowest BCUT2D eigenvalue weighted by atomic mass is 10.1. The van der Waals surface area contributed by atoms with Gasteiger partial charge in [-0.05, 0) is 30.9 Å². The van der Waals surface area contributed by atoms with Crippen LogP contribution in [0.15, 0.2) is 6.07 Å². The van der Waals surface area contributed by atoms with Gasteiger partial charge in [0.25, 0.3) is 0 Å². The molecule has 2 unspecified atom stereocenters. The minimum atomic E-state index is 0.305. The molecule has 2 rings (SSSR count). The molecule has 0 aliphatic heterocycles. The molecular formula is C12H15ClN2S. The zero-order chi connectivity index (χ0) is 11.5. The predicted molar refractivity (Wildman–Crippen MR) is 67.8 cm³/mol. The number of aryl methyl sites for hydroxylation is 1. The van der Waals surface area contributed by atoms with Crippen molar-refractivity contribution in [1.82, 2.24) is 5.32 Å². The Bertz CT molecular complexity index is 408. The van der Waals surface area contributed by atoms with Crippen molar-refractivity contribution in [2.75, 3.05) is 0 Å². The summed E-state index contributed by atoms with van der Waals surface area (Å²) in [7, 11) is 0. The summed E-state index contributed by atoms with van der Waals surface area (Å²) >= 11 is 7.70. The minimum Gasteiger partial charge on any atom is -0.306 e. The average Bonchev–Trinajstić information content (AvgIpc) is 2.78. The van der Waals surface area contributed by atoms with Crippen LogP contribution in [0.1, 0.15) is 42.7 Å². The van der Waals surface area contributed by atoms with Crippen LogP contribution in [0.25, 0.3) is 0 Å². The topological polar surface area (TPSA) is 35.8 Å². The van der Waals surface area contributed by atoms with Gasteiger partial charge < -0.3 is 5.32 Å². The Kier molecular flexibility index (Phi) is 3.86. The van der Waals surface area contributed by atoms with Crippen molar-refractivity contribution in [3.8, 4) is 6.07 Å². The Balaban J connectivity index is 2.04. The summed E-state index contributed by atoms with van der Waals surface area (Å²) in [6.45, 7) is 2.12. The lowest BCUT2D eigenvalue weighted by Gasteiger charge is -2.19. The summed E-state index contributed by atoms with van der Waals surface area (Å²) in [6, 6.07) is 5.02. The molecule has 1 aromatic rings. The molecule has 1 aliphatic rings. The summed E-state index contributed by atoms with van der Waals surface area (Å²) in [5.41, 5.74) is 1.35. The van der Waals surface area contributed by atoms with Gasteiger partial charge in [-0.2, -0.15) is 5.26 Å². The molecular weight excluding hydrogens is 240 g/mol. The maximum atomic E-state index is 8.73. The number of thiophene rings is 1. The Hall–Kier alpha value is -0.560. The molecule has 0 amide bonds. The maximum absolute atomic E-state index is 8.73. The van der Waals surface area contributed by atoms with Crippen molar-refractivity contribution >= 4 is 22.9 Å². The number of nitrogens with zero attached hydrogens (tertiary/aromatic N) is 1. The zero-order valence-electron chi connectivity index (χ0n) is 9.29. The summed E-state index contributed by atoms with van der Waals surface area (Å²) in [4.78, 5) is 1.41. The largest absolute Gasteiger partial charge is 0.306 e. The van der Waals surface area contributed by atoms with Gasteiger partial charge in [0, 0.05) is 17.0 Å². The van der Waals surface area contributed by atoms with Crippen molar-refractivity contribution in [3.05, 3.63) is 20.8 Å². The molecule has 1 N–H and O–H groups in total. The van der Waals surface area contributed by atoms with Crippen molar-refractivity contribution < 1.29 is 0 Å². The number of rotatable bonds is 4. The molecule has 0 saturated heterocycles. The lowest BCUT2D eigenvalue weighted by Crippen LogP contribution is -2.30. The molecule has 2 atom stereocenters. The van der Waals surface area contributed by atoms with Crippen molar-refractivity contribution in [3.63, 3.8) is 0 Å². The first-order valence-corrected chi connectivity index (χ1v) is 6.85. The van der Waals surface area contributed by atoms with Gasteiger partial charge in [-0.3, -0.25) is 0 Å². The van der Waals surface area contributed by atoms with E-state index in [-0.39, 0.29) is 0 Å². The van der Waals surface area contributed by atoms with E-state index < -0.39 is 0 Å². The highest BCUT2D eigenvalue weighted by molar-refractivity contribution is 7.16. The molecule has 16 heavy (non-hydrogen) atoms. The Morgan fingerprint density at radius 2 is 2.56 bits per heavy atom. The van der Waals surface area contributed by atoms with Crippen LogP contribution < -0.4 is 5.32 Å². The van der Waals surface area contributed by atoms with E-state index >= 15 is 0 Å². The predicted octanol–water partition coefficient (Wildman–Crippen LogP) is 3.67. The van der Waals surface area contributed by atoms with Gasteiger partial charge in [0.05, 0.1) is 16.8 Å². The quantitative estimate of drug-likeness (QED) is 0.890. The third-order valence-electron chi connectivity index (χ3n) is 3.11. The molecule has 0 fully saturated rings. The standard InChI is InChI=1S/C12H15ClN2S/c1-2-8(5-6-14)15-10-3-4-11-9(10)7-12(13)16-11/h7-8,10,15H,2-5H2,1H3. The SMILES string of the molecule is CCC(CC#N)NC1CCc2sc(Cl)cc21. The van der Waals surface area contributed by atoms with Gasteiger partial charge in [0.15, 0.2) is 0 Å². The van der Waals surface area contributed by atoms with Crippen LogP contribution in [-0.4, -0.2) is 6.04 Å². The van der Waals surface area contributed by atoms with Crippen molar-refractivity contribution in [2.24, 2.45) is 0 Å². The molecule has 0 bridgehead atoms. The number of hydrogen-bond donors (Lipinski definition) is 1. The third kappa shape index (κ3) is 2.40. The molecule has 1 heterocycles. The number of halogens is 1. The normalized spacial score (nSPS) is 20.4. The second-order valence-corrected chi connectivity index (χ2v) is 5.92. The average molecular weight is 255 g/mol. The van der Waals surface area contributed by atoms with Gasteiger partial charge >= 0.3 is 0 Å². The van der Waals surface area contributed by atoms with Crippen LogP contribution in [0.5, 0.6) is 0 Å². The van der Waals surface area contributed by atoms with Gasteiger partial charge in [0.1, 0.15) is 0 Å². The molecule has 1 aliphatic carbocycles. The minimum absolute atomic E-state index is 0.305. The fourth-order valence-electron chi connectivity index (χ4n) is 2.22. The Labute approximate surface area is 105 Å². The molecule has 0 spiro atoms. The summed E-state index contributed by atoms with van der Waals surface area (Å²) in [5, 5.41) is 12.3. The van der Waals surface area contributed by atoms with Gasteiger partial charge in [-0.25, -0.2) is 0 Å². The van der Waals surface area contributed by atoms with E-state index in [4.69, 9.17) is 16.9 Å². The first-order chi connectivity index (χ1) is 7.74. The second-order valence-electron chi connectivity index (χ2n) is 4.15. The van der Waals surface area contributed by atoms with E-state index in [1.807, 2.05) is 0 Å². The maximum Gasteiger partial charge on any atom is 0.0934 e. The van der Waals surface area contributed by atoms with Crippen LogP contribution in [-0.2, 0) is 6.42 Å². The fourth-order valence-corrected chi connectivity index (χ4v) is 3.58. The van der Waals surface area contributed by atoms with E-state index in [0.29, 0.717) is 18.5 Å². The van der Waals surface area contributed by atoms with Gasteiger partial charge in [0.2, 0.25) is 0 Å². The monoisotopic (exact) mass is 254 g/mol. The van der Waals surface area contributed by atoms with E-state index in [0.717, 1.165) is 23.6 Å². The number of hydrogen-bond acceptors (Lipinski definition) is 3. The van der Waals surface area contributed by atoms with Crippen LogP contribution in [0.4, 0.5) is 0 Å². The number of nitrogens with one attached hydrogen (secondary N) is 1. The molecule has 0 saturated carbocycles. The van der Waals surface area contributed by atoms with E-state index in [1.165, 1.54) is 10.4 Å². The molecule has 86 valence electrons. The Morgan fingerprint density at radius 3 is 3.25 bits per heavy atom. The highest BCUT2D eigenvalue weighted by Crippen LogP contribution is 2.39. The molecule has 2 nitrogen and oxygen atoms in total. The highest BCUT2D eigenvalue weighted by atomic mass is 35.5. The first kappa shape index (κ1) is 11.9. The van der Waals surface area contributed by atoms with Gasteiger partial charge in [-0.15, -0.1) is 11.3 Å². The van der Waals surface area contributed by atoms with Crippen LogP contribution >= 0.6 is 22.9 Å². The molecule has 0 aromatic carbocycles. The zero-order valence-corrected chi connectivity index (χ0v) is 10.9. The van der Waals surface area contributed by atoms with E-state index in [1.54, 1.807) is 11.3 Å². The summed E-state index contributed by atoms with van der Waals surface area (Å²) in [6.07, 6.45) is 3.84. The lowest BCUT2D eigenvalue weighted by molar-refractivity contribution is 0.426. The van der Waals surface area contributed by atoms with Crippen molar-refractivity contribution in [2.45, 2.75) is 44.7 Å². The second kappa shape index (κ2) is 5.18. The summed E-state index contributed by atoms with van der Waals surface area (Å²) in [5.74, 6) is 0. The Morgan fingerprint density at radius 1 is 1.75 bits per heavy atom. The number of nitriles is 1. The summed E-state index contributed by atoms with van der Waals surface area (Å²) < 4.78 is 0.879. The van der Waals surface area contributed by atoms with Crippen LogP contribution in [0, 0.1) is 11.3 Å². The van der Waals surface area contributed by atoms with Gasteiger partial charge in [-0.1, -0.05) is 18.5 Å². The van der Waals surface area contributed by atoms with Crippen LogP contribution in [0.3, 0.4) is 0 Å². The van der Waals surface area contributed by atoms with Crippen LogP contribution in [0.2, 0.25) is 4.34 Å². The smallest absolute Gasteiger partial charge is 0.0934 e. The third-order valence-corrected chi connectivity index (χ3v) is 4.45. The fraction of sp³-hybridized carbons (Fsp3) is 0.583. The molecule has 0 radical (unpaired) electrons.